The lowest BCUT2D eigenvalue weighted by molar-refractivity contribution is 0.0682. The van der Waals surface area contributed by atoms with E-state index in [2.05, 4.69) is 18.3 Å². The van der Waals surface area contributed by atoms with Crippen LogP contribution in [0.3, 0.4) is 0 Å². The lowest BCUT2D eigenvalue weighted by Gasteiger charge is -2.27. The van der Waals surface area contributed by atoms with E-state index in [-0.39, 0.29) is 11.9 Å². The SMILES string of the molecule is CC1CC2CNCC2N1C(=O)c1cccc(C#N)c1. The number of hydrogen-bond acceptors (Lipinski definition) is 3. The Morgan fingerprint density at radius 3 is 3.11 bits per heavy atom. The Balaban J connectivity index is 1.89. The molecule has 3 atom stereocenters. The Bertz CT molecular complexity index is 549. The van der Waals surface area contributed by atoms with Crippen molar-refractivity contribution in [3.63, 3.8) is 0 Å². The van der Waals surface area contributed by atoms with E-state index in [0.29, 0.717) is 23.1 Å². The summed E-state index contributed by atoms with van der Waals surface area (Å²) >= 11 is 0. The molecule has 2 saturated heterocycles. The van der Waals surface area contributed by atoms with Crippen LogP contribution in [0.15, 0.2) is 24.3 Å². The van der Waals surface area contributed by atoms with Gasteiger partial charge in [0.05, 0.1) is 11.6 Å². The zero-order chi connectivity index (χ0) is 13.4. The number of fused-ring (bicyclic) bond motifs is 1. The minimum Gasteiger partial charge on any atom is -0.331 e. The predicted molar refractivity (Wildman–Crippen MR) is 71.6 cm³/mol. The van der Waals surface area contributed by atoms with E-state index in [0.717, 1.165) is 19.5 Å². The fourth-order valence-corrected chi connectivity index (χ4v) is 3.39. The van der Waals surface area contributed by atoms with Gasteiger partial charge in [0.2, 0.25) is 0 Å². The Hall–Kier alpha value is -1.86. The van der Waals surface area contributed by atoms with E-state index in [4.69, 9.17) is 5.26 Å². The van der Waals surface area contributed by atoms with Crippen molar-refractivity contribution in [2.45, 2.75) is 25.4 Å². The third kappa shape index (κ3) is 2.00. The molecule has 0 bridgehead atoms. The second kappa shape index (κ2) is 4.67. The maximum atomic E-state index is 12.7. The molecule has 1 aromatic carbocycles. The Morgan fingerprint density at radius 2 is 2.32 bits per heavy atom. The zero-order valence-corrected chi connectivity index (χ0v) is 11.0. The number of nitrogens with zero attached hydrogens (tertiary/aromatic N) is 2. The smallest absolute Gasteiger partial charge is 0.254 e. The van der Waals surface area contributed by atoms with Gasteiger partial charge in [-0.3, -0.25) is 4.79 Å². The van der Waals surface area contributed by atoms with Crippen LogP contribution < -0.4 is 5.32 Å². The molecule has 0 radical (unpaired) electrons. The lowest BCUT2D eigenvalue weighted by Crippen LogP contribution is -2.42. The Kier molecular flexibility index (Phi) is 3.00. The molecular formula is C15H17N3O. The molecule has 3 rings (SSSR count). The topological polar surface area (TPSA) is 56.1 Å². The van der Waals surface area contributed by atoms with Gasteiger partial charge in [-0.2, -0.15) is 5.26 Å². The fourth-order valence-electron chi connectivity index (χ4n) is 3.39. The van der Waals surface area contributed by atoms with E-state index >= 15 is 0 Å². The van der Waals surface area contributed by atoms with Crippen molar-refractivity contribution in [1.82, 2.24) is 10.2 Å². The molecule has 98 valence electrons. The molecule has 0 saturated carbocycles. The van der Waals surface area contributed by atoms with E-state index in [9.17, 15) is 4.79 Å². The van der Waals surface area contributed by atoms with Gasteiger partial charge in [-0.25, -0.2) is 0 Å². The normalized spacial score (nSPS) is 29.1. The van der Waals surface area contributed by atoms with Gasteiger partial charge < -0.3 is 10.2 Å². The highest BCUT2D eigenvalue weighted by Gasteiger charge is 2.44. The van der Waals surface area contributed by atoms with Gasteiger partial charge in [0.1, 0.15) is 0 Å². The summed E-state index contributed by atoms with van der Waals surface area (Å²) in [4.78, 5) is 14.7. The number of nitrogens with one attached hydrogen (secondary N) is 1. The summed E-state index contributed by atoms with van der Waals surface area (Å²) in [6, 6.07) is 9.67. The van der Waals surface area contributed by atoms with Gasteiger partial charge in [-0.05, 0) is 37.5 Å². The van der Waals surface area contributed by atoms with Crippen LogP contribution >= 0.6 is 0 Å². The highest BCUT2D eigenvalue weighted by atomic mass is 16.2. The first-order valence-electron chi connectivity index (χ1n) is 6.74. The van der Waals surface area contributed by atoms with Crippen molar-refractivity contribution < 1.29 is 4.79 Å². The summed E-state index contributed by atoms with van der Waals surface area (Å²) in [5.41, 5.74) is 1.16. The highest BCUT2D eigenvalue weighted by Crippen LogP contribution is 2.33. The van der Waals surface area contributed by atoms with Crippen LogP contribution in [0, 0.1) is 17.2 Å². The summed E-state index contributed by atoms with van der Waals surface area (Å²) in [6.07, 6.45) is 1.07. The van der Waals surface area contributed by atoms with Crippen LogP contribution in [0.5, 0.6) is 0 Å². The molecule has 4 heteroatoms. The van der Waals surface area contributed by atoms with E-state index in [1.807, 2.05) is 4.90 Å². The van der Waals surface area contributed by atoms with Gasteiger partial charge in [-0.1, -0.05) is 6.07 Å². The third-order valence-electron chi connectivity index (χ3n) is 4.25. The Labute approximate surface area is 113 Å². The van der Waals surface area contributed by atoms with Crippen molar-refractivity contribution >= 4 is 5.91 Å². The van der Waals surface area contributed by atoms with Crippen LogP contribution in [-0.4, -0.2) is 36.0 Å². The van der Waals surface area contributed by atoms with Gasteiger partial charge in [-0.15, -0.1) is 0 Å². The van der Waals surface area contributed by atoms with Crippen molar-refractivity contribution in [2.75, 3.05) is 13.1 Å². The molecule has 0 spiro atoms. The molecule has 0 aromatic heterocycles. The van der Waals surface area contributed by atoms with Crippen molar-refractivity contribution in [2.24, 2.45) is 5.92 Å². The average Bonchev–Trinajstić information content (AvgIpc) is 2.98. The molecular weight excluding hydrogens is 238 g/mol. The van der Waals surface area contributed by atoms with E-state index < -0.39 is 0 Å². The molecule has 2 aliphatic rings. The molecule has 1 amide bonds. The first-order chi connectivity index (χ1) is 9.20. The largest absolute Gasteiger partial charge is 0.331 e. The van der Waals surface area contributed by atoms with Crippen molar-refractivity contribution in [1.29, 1.82) is 5.26 Å². The van der Waals surface area contributed by atoms with E-state index in [1.165, 1.54) is 0 Å². The molecule has 2 aliphatic heterocycles. The standard InChI is InChI=1S/C15H17N3O/c1-10-5-13-8-17-9-14(13)18(10)15(19)12-4-2-3-11(6-12)7-16/h2-4,6,10,13-14,17H,5,8-9H2,1H3. The average molecular weight is 255 g/mol. The zero-order valence-electron chi connectivity index (χ0n) is 11.0. The van der Waals surface area contributed by atoms with Gasteiger partial charge >= 0.3 is 0 Å². The summed E-state index contributed by atoms with van der Waals surface area (Å²) in [5.74, 6) is 0.638. The van der Waals surface area contributed by atoms with Gasteiger partial charge in [0.25, 0.3) is 5.91 Å². The molecule has 1 N–H and O–H groups in total. The number of likely N-dealkylation sites (tertiary alicyclic amines) is 1. The first-order valence-corrected chi connectivity index (χ1v) is 6.74. The quantitative estimate of drug-likeness (QED) is 0.825. The van der Waals surface area contributed by atoms with Crippen LogP contribution in [-0.2, 0) is 0 Å². The van der Waals surface area contributed by atoms with Crippen LogP contribution in [0.25, 0.3) is 0 Å². The van der Waals surface area contributed by atoms with E-state index in [1.54, 1.807) is 24.3 Å². The van der Waals surface area contributed by atoms with Gasteiger partial charge in [0, 0.05) is 30.7 Å². The monoisotopic (exact) mass is 255 g/mol. The lowest BCUT2D eigenvalue weighted by atomic mass is 10.0. The van der Waals surface area contributed by atoms with Crippen LogP contribution in [0.1, 0.15) is 29.3 Å². The second-order valence-corrected chi connectivity index (χ2v) is 5.48. The number of amides is 1. The van der Waals surface area contributed by atoms with Crippen molar-refractivity contribution in [3.05, 3.63) is 35.4 Å². The minimum absolute atomic E-state index is 0.0563. The number of rotatable bonds is 1. The number of carbonyl (C=O) groups is 1. The number of nitriles is 1. The summed E-state index contributed by atoms with van der Waals surface area (Å²) in [6.45, 7) is 4.01. The molecule has 1 aromatic rings. The Morgan fingerprint density at radius 1 is 1.47 bits per heavy atom. The number of carbonyl (C=O) groups excluding carboxylic acids is 1. The summed E-state index contributed by atoms with van der Waals surface area (Å²) < 4.78 is 0. The highest BCUT2D eigenvalue weighted by molar-refractivity contribution is 5.95. The summed E-state index contributed by atoms with van der Waals surface area (Å²) in [5, 5.41) is 12.3. The maximum Gasteiger partial charge on any atom is 0.254 e. The maximum absolute atomic E-state index is 12.7. The third-order valence-corrected chi connectivity index (χ3v) is 4.25. The molecule has 4 nitrogen and oxygen atoms in total. The molecule has 2 heterocycles. The van der Waals surface area contributed by atoms with Crippen LogP contribution in [0.4, 0.5) is 0 Å². The predicted octanol–water partition coefficient (Wildman–Crippen LogP) is 1.38. The molecule has 19 heavy (non-hydrogen) atoms. The molecule has 0 aliphatic carbocycles. The first kappa shape index (κ1) is 12.2. The van der Waals surface area contributed by atoms with Crippen molar-refractivity contribution in [3.8, 4) is 6.07 Å². The molecule has 2 fully saturated rings. The van der Waals surface area contributed by atoms with Gasteiger partial charge in [0.15, 0.2) is 0 Å². The minimum atomic E-state index is 0.0563. The molecule has 3 unspecified atom stereocenters. The summed E-state index contributed by atoms with van der Waals surface area (Å²) in [7, 11) is 0. The second-order valence-electron chi connectivity index (χ2n) is 5.48. The number of benzene rings is 1. The fraction of sp³-hybridized carbons (Fsp3) is 0.467. The number of hydrogen-bond donors (Lipinski definition) is 1. The van der Waals surface area contributed by atoms with Crippen LogP contribution in [0.2, 0.25) is 0 Å².